The van der Waals surface area contributed by atoms with Crippen LogP contribution in [-0.4, -0.2) is 9.97 Å². The molecule has 2 aromatic carbocycles. The molecule has 0 aliphatic heterocycles. The van der Waals surface area contributed by atoms with E-state index in [2.05, 4.69) is 9.97 Å². The maximum Gasteiger partial charge on any atom is 0.340 e. The molecule has 6 heteroatoms. The lowest BCUT2D eigenvalue weighted by molar-refractivity contribution is 0.554. The SMILES string of the molecule is O=c1oc2ccccc2cc1CSc1nc2cc(F)ccc2[nH]1. The Kier molecular flexibility index (Phi) is 3.38. The molecular weight excluding hydrogens is 315 g/mol. The van der Waals surface area contributed by atoms with Crippen molar-refractivity contribution >= 4 is 33.8 Å². The molecule has 0 spiro atoms. The molecule has 0 aliphatic carbocycles. The summed E-state index contributed by atoms with van der Waals surface area (Å²) in [5, 5.41) is 1.52. The minimum absolute atomic E-state index is 0.323. The molecule has 0 bridgehead atoms. The van der Waals surface area contributed by atoms with Gasteiger partial charge in [0.1, 0.15) is 11.4 Å². The molecule has 4 rings (SSSR count). The maximum absolute atomic E-state index is 13.2. The van der Waals surface area contributed by atoms with Gasteiger partial charge in [-0.25, -0.2) is 14.2 Å². The predicted molar refractivity (Wildman–Crippen MR) is 88.1 cm³/mol. The summed E-state index contributed by atoms with van der Waals surface area (Å²) in [6.07, 6.45) is 0. The molecular formula is C17H11FN2O2S. The molecule has 0 aliphatic rings. The second kappa shape index (κ2) is 5.55. The maximum atomic E-state index is 13.2. The number of aromatic amines is 1. The van der Waals surface area contributed by atoms with Crippen LogP contribution in [-0.2, 0) is 5.75 Å². The van der Waals surface area contributed by atoms with Gasteiger partial charge >= 0.3 is 5.63 Å². The average Bonchev–Trinajstić information content (AvgIpc) is 2.94. The van der Waals surface area contributed by atoms with Crippen LogP contribution < -0.4 is 5.63 Å². The largest absolute Gasteiger partial charge is 0.423 e. The fourth-order valence-corrected chi connectivity index (χ4v) is 3.21. The third-order valence-electron chi connectivity index (χ3n) is 3.50. The molecule has 4 aromatic rings. The zero-order valence-corrected chi connectivity index (χ0v) is 12.7. The number of benzene rings is 2. The fraction of sp³-hybridized carbons (Fsp3) is 0.0588. The van der Waals surface area contributed by atoms with Crippen molar-refractivity contribution in [2.75, 3.05) is 0 Å². The summed E-state index contributed by atoms with van der Waals surface area (Å²) in [5.74, 6) is 0.103. The Morgan fingerprint density at radius 3 is 2.96 bits per heavy atom. The normalized spacial score (nSPS) is 11.3. The number of para-hydroxylation sites is 1. The van der Waals surface area contributed by atoms with Crippen LogP contribution in [0.15, 0.2) is 62.9 Å². The van der Waals surface area contributed by atoms with Crippen molar-refractivity contribution in [2.24, 2.45) is 0 Å². The van der Waals surface area contributed by atoms with Crippen molar-refractivity contribution in [3.8, 4) is 0 Å². The molecule has 2 heterocycles. The molecule has 23 heavy (non-hydrogen) atoms. The summed E-state index contributed by atoms with van der Waals surface area (Å²) < 4.78 is 18.5. The highest BCUT2D eigenvalue weighted by Crippen LogP contribution is 2.23. The Morgan fingerprint density at radius 1 is 1.17 bits per heavy atom. The number of nitrogens with zero attached hydrogens (tertiary/aromatic N) is 1. The van der Waals surface area contributed by atoms with E-state index in [0.29, 0.717) is 27.6 Å². The Balaban J connectivity index is 1.62. The van der Waals surface area contributed by atoms with Gasteiger partial charge in [-0.1, -0.05) is 30.0 Å². The number of nitrogens with one attached hydrogen (secondary N) is 1. The van der Waals surface area contributed by atoms with Crippen molar-refractivity contribution in [3.63, 3.8) is 0 Å². The highest BCUT2D eigenvalue weighted by Gasteiger charge is 2.09. The first-order chi connectivity index (χ1) is 11.2. The van der Waals surface area contributed by atoms with Crippen molar-refractivity contribution in [2.45, 2.75) is 10.9 Å². The minimum Gasteiger partial charge on any atom is -0.423 e. The van der Waals surface area contributed by atoms with E-state index in [1.165, 1.54) is 23.9 Å². The molecule has 0 unspecified atom stereocenters. The summed E-state index contributed by atoms with van der Waals surface area (Å²) >= 11 is 1.38. The highest BCUT2D eigenvalue weighted by atomic mass is 32.2. The first-order valence-corrected chi connectivity index (χ1v) is 7.97. The Hall–Kier alpha value is -2.60. The first kappa shape index (κ1) is 14.0. The van der Waals surface area contributed by atoms with Crippen LogP contribution in [0.4, 0.5) is 4.39 Å². The van der Waals surface area contributed by atoms with Crippen molar-refractivity contribution < 1.29 is 8.81 Å². The van der Waals surface area contributed by atoms with Gasteiger partial charge in [0.2, 0.25) is 0 Å². The van der Waals surface area contributed by atoms with Crippen LogP contribution >= 0.6 is 11.8 Å². The standard InChI is InChI=1S/C17H11FN2O2S/c18-12-5-6-13-14(8-12)20-17(19-13)23-9-11-7-10-3-1-2-4-15(10)22-16(11)21/h1-8H,9H2,(H,19,20). The van der Waals surface area contributed by atoms with Gasteiger partial charge in [0, 0.05) is 22.8 Å². The zero-order valence-electron chi connectivity index (χ0n) is 11.9. The lowest BCUT2D eigenvalue weighted by Gasteiger charge is -2.00. The molecule has 4 nitrogen and oxygen atoms in total. The average molecular weight is 326 g/mol. The third kappa shape index (κ3) is 2.73. The lowest BCUT2D eigenvalue weighted by Crippen LogP contribution is -2.05. The van der Waals surface area contributed by atoms with Gasteiger partial charge in [-0.05, 0) is 24.3 Å². The van der Waals surface area contributed by atoms with Crippen LogP contribution in [0.1, 0.15) is 5.56 Å². The second-order valence-electron chi connectivity index (χ2n) is 5.09. The zero-order chi connectivity index (χ0) is 15.8. The summed E-state index contributed by atoms with van der Waals surface area (Å²) in [4.78, 5) is 19.4. The molecule has 0 radical (unpaired) electrons. The van der Waals surface area contributed by atoms with E-state index in [1.807, 2.05) is 24.3 Å². The number of halogens is 1. The Labute approximate surface area is 134 Å². The van der Waals surface area contributed by atoms with Gasteiger partial charge in [0.05, 0.1) is 11.0 Å². The second-order valence-corrected chi connectivity index (χ2v) is 6.05. The van der Waals surface area contributed by atoms with E-state index in [4.69, 9.17) is 4.42 Å². The number of hydrogen-bond acceptors (Lipinski definition) is 4. The fourth-order valence-electron chi connectivity index (χ4n) is 2.38. The van der Waals surface area contributed by atoms with E-state index >= 15 is 0 Å². The molecule has 0 saturated heterocycles. The van der Waals surface area contributed by atoms with Crippen LogP contribution in [0.25, 0.3) is 22.0 Å². The molecule has 0 atom stereocenters. The Morgan fingerprint density at radius 2 is 2.04 bits per heavy atom. The summed E-state index contributed by atoms with van der Waals surface area (Å²) in [5.41, 5.74) is 2.13. The van der Waals surface area contributed by atoms with Crippen LogP contribution in [0, 0.1) is 5.82 Å². The third-order valence-corrected chi connectivity index (χ3v) is 4.42. The summed E-state index contributed by atoms with van der Waals surface area (Å²) in [6, 6.07) is 13.6. The van der Waals surface area contributed by atoms with E-state index in [9.17, 15) is 9.18 Å². The summed E-state index contributed by atoms with van der Waals surface area (Å²) in [7, 11) is 0. The molecule has 2 aromatic heterocycles. The quantitative estimate of drug-likeness (QED) is 0.455. The van der Waals surface area contributed by atoms with Crippen molar-refractivity contribution in [3.05, 3.63) is 70.3 Å². The van der Waals surface area contributed by atoms with Crippen LogP contribution in [0.5, 0.6) is 0 Å². The topological polar surface area (TPSA) is 58.9 Å². The van der Waals surface area contributed by atoms with Gasteiger partial charge in [-0.2, -0.15) is 0 Å². The number of fused-ring (bicyclic) bond motifs is 2. The summed E-state index contributed by atoms with van der Waals surface area (Å²) in [6.45, 7) is 0. The van der Waals surface area contributed by atoms with Crippen LogP contribution in [0.2, 0.25) is 0 Å². The van der Waals surface area contributed by atoms with Gasteiger partial charge in [-0.3, -0.25) is 0 Å². The van der Waals surface area contributed by atoms with Crippen molar-refractivity contribution in [1.29, 1.82) is 0 Å². The number of H-pyrrole nitrogens is 1. The number of thioether (sulfide) groups is 1. The number of imidazole rings is 1. The number of hydrogen-bond donors (Lipinski definition) is 1. The molecule has 1 N–H and O–H groups in total. The smallest absolute Gasteiger partial charge is 0.340 e. The predicted octanol–water partition coefficient (Wildman–Crippen LogP) is 4.10. The molecule has 114 valence electrons. The van der Waals surface area contributed by atoms with Gasteiger partial charge in [-0.15, -0.1) is 0 Å². The van der Waals surface area contributed by atoms with Gasteiger partial charge in [0.25, 0.3) is 0 Å². The van der Waals surface area contributed by atoms with E-state index in [0.717, 1.165) is 10.9 Å². The number of rotatable bonds is 3. The first-order valence-electron chi connectivity index (χ1n) is 6.99. The van der Waals surface area contributed by atoms with Gasteiger partial charge < -0.3 is 9.40 Å². The molecule has 0 amide bonds. The molecule has 0 fully saturated rings. The van der Waals surface area contributed by atoms with E-state index in [-0.39, 0.29) is 11.4 Å². The van der Waals surface area contributed by atoms with Crippen molar-refractivity contribution in [1.82, 2.24) is 9.97 Å². The van der Waals surface area contributed by atoms with Crippen LogP contribution in [0.3, 0.4) is 0 Å². The monoisotopic (exact) mass is 326 g/mol. The molecule has 0 saturated carbocycles. The van der Waals surface area contributed by atoms with E-state index < -0.39 is 0 Å². The minimum atomic E-state index is -0.349. The van der Waals surface area contributed by atoms with Gasteiger partial charge in [0.15, 0.2) is 5.16 Å². The highest BCUT2D eigenvalue weighted by molar-refractivity contribution is 7.98. The van der Waals surface area contributed by atoms with E-state index in [1.54, 1.807) is 12.1 Å². The Bertz CT molecular complexity index is 1070. The number of aromatic nitrogens is 2. The lowest BCUT2D eigenvalue weighted by atomic mass is 10.2.